The molecule has 2 aromatic heterocycles. The van der Waals surface area contributed by atoms with Gasteiger partial charge >= 0.3 is 0 Å². The number of nitrogens with two attached hydrogens (primary N) is 1. The number of pyridine rings is 1. The molecule has 0 spiro atoms. The van der Waals surface area contributed by atoms with Gasteiger partial charge in [0.25, 0.3) is 11.5 Å². The molecule has 1 aliphatic rings. The summed E-state index contributed by atoms with van der Waals surface area (Å²) in [4.78, 5) is 31.2. The zero-order chi connectivity index (χ0) is 18.8. The number of hydrogen-bond acceptors (Lipinski definition) is 5. The number of amides is 1. The molecule has 1 amide bonds. The highest BCUT2D eigenvalue weighted by molar-refractivity contribution is 5.94. The Hall–Kier alpha value is -3.39. The first-order valence-corrected chi connectivity index (χ1v) is 8.63. The number of hydrogen-bond donors (Lipinski definition) is 2. The molecule has 0 unspecified atom stereocenters. The van der Waals surface area contributed by atoms with Gasteiger partial charge in [0.1, 0.15) is 0 Å². The molecule has 3 heterocycles. The van der Waals surface area contributed by atoms with Gasteiger partial charge in [-0.05, 0) is 29.8 Å². The largest absolute Gasteiger partial charge is 0.399 e. The van der Waals surface area contributed by atoms with Gasteiger partial charge in [0, 0.05) is 31.2 Å². The van der Waals surface area contributed by atoms with Crippen molar-refractivity contribution < 1.29 is 9.53 Å². The molecule has 1 aliphatic heterocycles. The Kier molecular flexibility index (Phi) is 4.47. The van der Waals surface area contributed by atoms with Crippen LogP contribution in [0.3, 0.4) is 0 Å². The summed E-state index contributed by atoms with van der Waals surface area (Å²) in [5.41, 5.74) is 7.88. The minimum absolute atomic E-state index is 0.0845. The van der Waals surface area contributed by atoms with Gasteiger partial charge in [-0.3, -0.25) is 14.7 Å². The van der Waals surface area contributed by atoms with Gasteiger partial charge in [0.2, 0.25) is 0 Å². The maximum Gasteiger partial charge on any atom is 0.280 e. The van der Waals surface area contributed by atoms with Crippen LogP contribution in [0.4, 0.5) is 5.69 Å². The molecule has 8 nitrogen and oxygen atoms in total. The van der Waals surface area contributed by atoms with Gasteiger partial charge in [-0.25, -0.2) is 9.67 Å². The van der Waals surface area contributed by atoms with E-state index in [0.717, 1.165) is 5.56 Å². The zero-order valence-electron chi connectivity index (χ0n) is 14.6. The summed E-state index contributed by atoms with van der Waals surface area (Å²) in [5, 5.41) is 2.91. The zero-order valence-corrected chi connectivity index (χ0v) is 14.6. The van der Waals surface area contributed by atoms with Crippen LogP contribution in [-0.2, 0) is 4.74 Å². The second kappa shape index (κ2) is 7.08. The average Bonchev–Trinajstić information content (AvgIpc) is 3.10. The molecular formula is C19H19N5O3. The molecule has 3 aromatic rings. The first-order chi connectivity index (χ1) is 13.1. The topological polar surface area (TPSA) is 106 Å². The molecular weight excluding hydrogens is 346 g/mol. The Morgan fingerprint density at radius 2 is 1.85 bits per heavy atom. The van der Waals surface area contributed by atoms with E-state index in [0.29, 0.717) is 48.9 Å². The number of nitrogen functional groups attached to an aromatic ring is 1. The number of benzene rings is 1. The predicted octanol–water partition coefficient (Wildman–Crippen LogP) is 1.28. The molecule has 0 radical (unpaired) electrons. The second-order valence-electron chi connectivity index (χ2n) is 6.26. The van der Waals surface area contributed by atoms with E-state index in [1.807, 2.05) is 0 Å². The van der Waals surface area contributed by atoms with Crippen LogP contribution in [0.1, 0.15) is 10.4 Å². The fourth-order valence-electron chi connectivity index (χ4n) is 3.00. The van der Waals surface area contributed by atoms with E-state index in [1.165, 1.54) is 10.9 Å². The Balaban J connectivity index is 1.58. The lowest BCUT2D eigenvalue weighted by atomic mass is 10.1. The third kappa shape index (κ3) is 3.34. The number of nitrogens with zero attached hydrogens (tertiary/aromatic N) is 3. The van der Waals surface area contributed by atoms with Gasteiger partial charge in [-0.2, -0.15) is 0 Å². The van der Waals surface area contributed by atoms with Crippen molar-refractivity contribution >= 4 is 11.6 Å². The smallest absolute Gasteiger partial charge is 0.280 e. The molecule has 1 aromatic carbocycles. The standard InChI is InChI=1S/C19H19N5O3/c20-15-4-1-13(2-5-15)16-12-22-24(19(16)26)17-6-3-14(11-21-17)18(25)23-7-9-27-10-8-23/h1-6,11-12,22H,7-10,20H2. The molecule has 0 saturated carbocycles. The highest BCUT2D eigenvalue weighted by atomic mass is 16.5. The Morgan fingerprint density at radius 1 is 1.11 bits per heavy atom. The van der Waals surface area contributed by atoms with E-state index in [2.05, 4.69) is 10.1 Å². The normalized spacial score (nSPS) is 14.3. The summed E-state index contributed by atoms with van der Waals surface area (Å²) >= 11 is 0. The van der Waals surface area contributed by atoms with Crippen LogP contribution in [0.5, 0.6) is 0 Å². The van der Waals surface area contributed by atoms with Crippen molar-refractivity contribution in [2.75, 3.05) is 32.0 Å². The molecule has 3 N–H and O–H groups in total. The lowest BCUT2D eigenvalue weighted by Gasteiger charge is -2.26. The maximum absolute atomic E-state index is 12.7. The minimum Gasteiger partial charge on any atom is -0.399 e. The van der Waals surface area contributed by atoms with E-state index in [1.54, 1.807) is 47.5 Å². The number of nitrogens with one attached hydrogen (secondary N) is 1. The summed E-state index contributed by atoms with van der Waals surface area (Å²) in [6.07, 6.45) is 3.12. The highest BCUT2D eigenvalue weighted by Crippen LogP contribution is 2.17. The van der Waals surface area contributed by atoms with Crippen molar-refractivity contribution in [3.8, 4) is 16.9 Å². The number of carbonyl (C=O) groups is 1. The average molecular weight is 365 g/mol. The summed E-state index contributed by atoms with van der Waals surface area (Å²) in [6.45, 7) is 2.23. The maximum atomic E-state index is 12.7. The van der Waals surface area contributed by atoms with Crippen molar-refractivity contribution in [1.29, 1.82) is 0 Å². The molecule has 27 heavy (non-hydrogen) atoms. The van der Waals surface area contributed by atoms with Crippen molar-refractivity contribution in [3.05, 3.63) is 64.7 Å². The number of rotatable bonds is 3. The highest BCUT2D eigenvalue weighted by Gasteiger charge is 2.19. The van der Waals surface area contributed by atoms with Crippen LogP contribution in [0.25, 0.3) is 16.9 Å². The quantitative estimate of drug-likeness (QED) is 0.680. The fourth-order valence-corrected chi connectivity index (χ4v) is 3.00. The van der Waals surface area contributed by atoms with Crippen LogP contribution in [0.2, 0.25) is 0 Å². The van der Waals surface area contributed by atoms with Crippen molar-refractivity contribution in [2.24, 2.45) is 0 Å². The van der Waals surface area contributed by atoms with Crippen molar-refractivity contribution in [2.45, 2.75) is 0 Å². The molecule has 0 aliphatic carbocycles. The van der Waals surface area contributed by atoms with Gasteiger partial charge in [-0.15, -0.1) is 0 Å². The first-order valence-electron chi connectivity index (χ1n) is 8.63. The molecule has 1 saturated heterocycles. The Bertz CT molecular complexity index is 999. The monoisotopic (exact) mass is 365 g/mol. The number of H-pyrrole nitrogens is 1. The number of morpholine rings is 1. The fraction of sp³-hybridized carbons (Fsp3) is 0.211. The lowest BCUT2D eigenvalue weighted by Crippen LogP contribution is -2.40. The summed E-state index contributed by atoms with van der Waals surface area (Å²) in [7, 11) is 0. The van der Waals surface area contributed by atoms with E-state index in [-0.39, 0.29) is 11.5 Å². The van der Waals surface area contributed by atoms with Gasteiger partial charge < -0.3 is 15.4 Å². The van der Waals surface area contributed by atoms with Gasteiger partial charge in [0.05, 0.1) is 24.3 Å². The first kappa shape index (κ1) is 17.0. The van der Waals surface area contributed by atoms with Gasteiger partial charge in [-0.1, -0.05) is 12.1 Å². The minimum atomic E-state index is -0.223. The van der Waals surface area contributed by atoms with E-state index in [9.17, 15) is 9.59 Å². The van der Waals surface area contributed by atoms with E-state index >= 15 is 0 Å². The van der Waals surface area contributed by atoms with Crippen molar-refractivity contribution in [3.63, 3.8) is 0 Å². The number of anilines is 1. The molecule has 1 fully saturated rings. The predicted molar refractivity (Wildman–Crippen MR) is 101 cm³/mol. The van der Waals surface area contributed by atoms with Crippen LogP contribution in [0, 0.1) is 0 Å². The lowest BCUT2D eigenvalue weighted by molar-refractivity contribution is 0.0302. The van der Waals surface area contributed by atoms with Crippen LogP contribution < -0.4 is 11.3 Å². The number of aromatic nitrogens is 3. The number of aromatic amines is 1. The van der Waals surface area contributed by atoms with Crippen LogP contribution in [-0.4, -0.2) is 51.9 Å². The third-order valence-corrected chi connectivity index (χ3v) is 4.52. The van der Waals surface area contributed by atoms with Gasteiger partial charge in [0.15, 0.2) is 5.82 Å². The molecule has 0 atom stereocenters. The van der Waals surface area contributed by atoms with Crippen LogP contribution in [0.15, 0.2) is 53.6 Å². The molecule has 8 heteroatoms. The molecule has 4 rings (SSSR count). The Morgan fingerprint density at radius 3 is 2.52 bits per heavy atom. The summed E-state index contributed by atoms with van der Waals surface area (Å²) in [6, 6.07) is 10.4. The number of ether oxygens (including phenoxy) is 1. The SMILES string of the molecule is Nc1ccc(-c2c[nH]n(-c3ccc(C(=O)N4CCOCC4)cn3)c2=O)cc1. The third-order valence-electron chi connectivity index (χ3n) is 4.52. The van der Waals surface area contributed by atoms with Crippen LogP contribution >= 0.6 is 0 Å². The van der Waals surface area contributed by atoms with E-state index in [4.69, 9.17) is 10.5 Å². The molecule has 0 bridgehead atoms. The Labute approximate surface area is 155 Å². The molecule has 138 valence electrons. The summed E-state index contributed by atoms with van der Waals surface area (Å²) in [5.74, 6) is 0.332. The number of carbonyl (C=O) groups excluding carboxylic acids is 1. The summed E-state index contributed by atoms with van der Waals surface area (Å²) < 4.78 is 6.60. The van der Waals surface area contributed by atoms with Crippen molar-refractivity contribution in [1.82, 2.24) is 19.7 Å². The van der Waals surface area contributed by atoms with E-state index < -0.39 is 0 Å². The second-order valence-corrected chi connectivity index (χ2v) is 6.26.